The molecule has 116 valence electrons. The molecule has 6 unspecified atom stereocenters. The minimum atomic E-state index is 0.349. The third-order valence-electron chi connectivity index (χ3n) is 7.85. The van der Waals surface area contributed by atoms with Gasteiger partial charge in [0.2, 0.25) is 0 Å². The third-order valence-corrected chi connectivity index (χ3v) is 9.89. The van der Waals surface area contributed by atoms with Crippen molar-refractivity contribution in [3.05, 3.63) is 11.6 Å². The first-order valence-corrected chi connectivity index (χ1v) is 10.1. The lowest BCUT2D eigenvalue weighted by molar-refractivity contribution is -0.117. The molecular formula is C19H27IO. The Morgan fingerprint density at radius 2 is 1.86 bits per heavy atom. The number of carbonyl (C=O) groups excluding carboxylic acids is 1. The minimum absolute atomic E-state index is 0.349. The van der Waals surface area contributed by atoms with E-state index in [1.54, 1.807) is 0 Å². The molecule has 0 radical (unpaired) electrons. The van der Waals surface area contributed by atoms with Crippen molar-refractivity contribution < 1.29 is 4.79 Å². The summed E-state index contributed by atoms with van der Waals surface area (Å²) in [6, 6.07) is 0. The maximum Gasteiger partial charge on any atom is 0.155 e. The van der Waals surface area contributed by atoms with Crippen molar-refractivity contribution in [2.24, 2.45) is 28.6 Å². The highest BCUT2D eigenvalue weighted by atomic mass is 127. The third kappa shape index (κ3) is 1.96. The zero-order chi connectivity index (χ0) is 14.8. The van der Waals surface area contributed by atoms with Crippen LogP contribution in [-0.2, 0) is 4.79 Å². The Kier molecular flexibility index (Phi) is 3.37. The summed E-state index contributed by atoms with van der Waals surface area (Å²) in [5.41, 5.74) is 2.46. The monoisotopic (exact) mass is 398 g/mol. The number of allylic oxidation sites excluding steroid dienone is 1. The van der Waals surface area contributed by atoms with E-state index in [2.05, 4.69) is 36.4 Å². The molecule has 0 aliphatic heterocycles. The van der Waals surface area contributed by atoms with Crippen LogP contribution in [-0.4, -0.2) is 9.71 Å². The van der Waals surface area contributed by atoms with Gasteiger partial charge in [-0.25, -0.2) is 0 Å². The normalized spacial score (nSPS) is 52.7. The second-order valence-corrected chi connectivity index (χ2v) is 10.1. The van der Waals surface area contributed by atoms with Crippen LogP contribution in [0.3, 0.4) is 0 Å². The van der Waals surface area contributed by atoms with Crippen molar-refractivity contribution in [2.45, 2.75) is 69.1 Å². The van der Waals surface area contributed by atoms with Gasteiger partial charge < -0.3 is 0 Å². The Bertz CT molecular complexity index is 510. The van der Waals surface area contributed by atoms with E-state index in [4.69, 9.17) is 0 Å². The molecule has 0 bridgehead atoms. The molecular weight excluding hydrogens is 371 g/mol. The van der Waals surface area contributed by atoms with E-state index in [1.165, 1.54) is 44.1 Å². The van der Waals surface area contributed by atoms with Gasteiger partial charge >= 0.3 is 0 Å². The molecule has 0 aromatic heterocycles. The van der Waals surface area contributed by atoms with E-state index in [0.717, 1.165) is 34.5 Å². The first-order chi connectivity index (χ1) is 9.95. The standard InChI is InChI=1S/C19H27IO/c1-18-9-7-13(21)11-12(18)3-4-14-15-5-6-17(20)19(15,2)10-8-16(14)18/h11,14-17H,3-10H2,1-2H3. The van der Waals surface area contributed by atoms with Crippen molar-refractivity contribution in [2.75, 3.05) is 0 Å². The zero-order valence-corrected chi connectivity index (χ0v) is 15.5. The van der Waals surface area contributed by atoms with Crippen LogP contribution in [0.5, 0.6) is 0 Å². The van der Waals surface area contributed by atoms with E-state index in [0.29, 0.717) is 16.6 Å². The van der Waals surface area contributed by atoms with Crippen LogP contribution in [0.1, 0.15) is 65.2 Å². The van der Waals surface area contributed by atoms with Gasteiger partial charge in [-0.1, -0.05) is 42.0 Å². The quantitative estimate of drug-likeness (QED) is 0.399. The molecule has 21 heavy (non-hydrogen) atoms. The predicted octanol–water partition coefficient (Wildman–Crippen LogP) is 5.32. The van der Waals surface area contributed by atoms with Crippen LogP contribution >= 0.6 is 22.6 Å². The van der Waals surface area contributed by atoms with Gasteiger partial charge in [0.25, 0.3) is 0 Å². The average Bonchev–Trinajstić information content (AvgIpc) is 2.76. The maximum absolute atomic E-state index is 11.8. The van der Waals surface area contributed by atoms with E-state index in [-0.39, 0.29) is 0 Å². The lowest BCUT2D eigenvalue weighted by Gasteiger charge is -2.57. The van der Waals surface area contributed by atoms with Gasteiger partial charge in [-0.2, -0.15) is 0 Å². The number of carbonyl (C=O) groups is 1. The molecule has 0 heterocycles. The van der Waals surface area contributed by atoms with Crippen LogP contribution in [0.25, 0.3) is 0 Å². The highest BCUT2D eigenvalue weighted by Gasteiger charge is 2.58. The van der Waals surface area contributed by atoms with Crippen molar-refractivity contribution in [3.8, 4) is 0 Å². The van der Waals surface area contributed by atoms with Crippen LogP contribution in [0.2, 0.25) is 0 Å². The molecule has 0 amide bonds. The first kappa shape index (κ1) is 14.7. The van der Waals surface area contributed by atoms with Gasteiger partial charge in [0, 0.05) is 10.3 Å². The fourth-order valence-corrected chi connectivity index (χ4v) is 7.63. The van der Waals surface area contributed by atoms with Gasteiger partial charge in [-0.3, -0.25) is 4.79 Å². The Hall–Kier alpha value is 0.140. The highest BCUT2D eigenvalue weighted by molar-refractivity contribution is 14.1. The number of alkyl halides is 1. The van der Waals surface area contributed by atoms with Crippen LogP contribution < -0.4 is 0 Å². The fraction of sp³-hybridized carbons (Fsp3) is 0.842. The molecule has 2 heteroatoms. The molecule has 4 aliphatic carbocycles. The van der Waals surface area contributed by atoms with Crippen LogP contribution in [0, 0.1) is 28.6 Å². The molecule has 0 spiro atoms. The van der Waals surface area contributed by atoms with Gasteiger partial charge in [-0.15, -0.1) is 0 Å². The summed E-state index contributed by atoms with van der Waals surface area (Å²) in [7, 11) is 0. The molecule has 1 nitrogen and oxygen atoms in total. The molecule has 4 aliphatic rings. The Labute approximate surface area is 142 Å². The molecule has 6 atom stereocenters. The summed E-state index contributed by atoms with van der Waals surface area (Å²) in [6.07, 6.45) is 12.2. The maximum atomic E-state index is 11.8. The summed E-state index contributed by atoms with van der Waals surface area (Å²) in [4.78, 5) is 11.8. The Morgan fingerprint density at radius 3 is 2.67 bits per heavy atom. The molecule has 0 saturated heterocycles. The highest BCUT2D eigenvalue weighted by Crippen LogP contribution is 2.66. The zero-order valence-electron chi connectivity index (χ0n) is 13.3. The van der Waals surface area contributed by atoms with Crippen molar-refractivity contribution in [1.29, 1.82) is 0 Å². The Morgan fingerprint density at radius 1 is 1.05 bits per heavy atom. The molecule has 3 fully saturated rings. The number of rotatable bonds is 0. The second-order valence-electron chi connectivity index (χ2n) is 8.56. The van der Waals surface area contributed by atoms with Crippen LogP contribution in [0.4, 0.5) is 0 Å². The van der Waals surface area contributed by atoms with Crippen molar-refractivity contribution in [1.82, 2.24) is 0 Å². The second kappa shape index (κ2) is 4.82. The lowest BCUT2D eigenvalue weighted by Crippen LogP contribution is -2.50. The van der Waals surface area contributed by atoms with E-state index in [1.807, 2.05) is 6.08 Å². The lowest BCUT2D eigenvalue weighted by atomic mass is 9.47. The molecule has 0 aromatic rings. The molecule has 0 aromatic carbocycles. The fourth-order valence-electron chi connectivity index (χ4n) is 6.50. The molecule has 0 N–H and O–H groups in total. The smallest absolute Gasteiger partial charge is 0.155 e. The number of halogens is 1. The van der Waals surface area contributed by atoms with Crippen LogP contribution in [0.15, 0.2) is 11.6 Å². The van der Waals surface area contributed by atoms with E-state index >= 15 is 0 Å². The summed E-state index contributed by atoms with van der Waals surface area (Å²) >= 11 is 2.73. The first-order valence-electron chi connectivity index (χ1n) is 8.83. The largest absolute Gasteiger partial charge is 0.295 e. The SMILES string of the molecule is CC12CCC(=O)C=C1CCC1C2CCC2(C)C(I)CCC12. The number of ketones is 1. The molecule has 3 saturated carbocycles. The predicted molar refractivity (Wildman–Crippen MR) is 94.5 cm³/mol. The minimum Gasteiger partial charge on any atom is -0.295 e. The number of hydrogen-bond donors (Lipinski definition) is 0. The summed E-state index contributed by atoms with van der Waals surface area (Å²) in [5.74, 6) is 3.12. The summed E-state index contributed by atoms with van der Waals surface area (Å²) in [5, 5.41) is 0. The van der Waals surface area contributed by atoms with Gasteiger partial charge in [0.15, 0.2) is 5.78 Å². The van der Waals surface area contributed by atoms with Gasteiger partial charge in [-0.05, 0) is 79.6 Å². The summed E-state index contributed by atoms with van der Waals surface area (Å²) in [6.45, 7) is 5.07. The number of hydrogen-bond acceptors (Lipinski definition) is 1. The van der Waals surface area contributed by atoms with Gasteiger partial charge in [0.1, 0.15) is 0 Å². The van der Waals surface area contributed by atoms with E-state index in [9.17, 15) is 4.79 Å². The van der Waals surface area contributed by atoms with Crippen molar-refractivity contribution in [3.63, 3.8) is 0 Å². The average molecular weight is 398 g/mol. The van der Waals surface area contributed by atoms with Gasteiger partial charge in [0.05, 0.1) is 0 Å². The topological polar surface area (TPSA) is 17.1 Å². The van der Waals surface area contributed by atoms with Crippen molar-refractivity contribution >= 4 is 28.4 Å². The number of fused-ring (bicyclic) bond motifs is 5. The summed E-state index contributed by atoms with van der Waals surface area (Å²) < 4.78 is 0.888. The Balaban J connectivity index is 1.69. The molecule has 4 rings (SSSR count). The van der Waals surface area contributed by atoms with E-state index < -0.39 is 0 Å².